The number of carbonyl (C=O) groups is 3. The van der Waals surface area contributed by atoms with Crippen molar-refractivity contribution in [3.63, 3.8) is 0 Å². The molecule has 0 unspecified atom stereocenters. The van der Waals surface area contributed by atoms with Gasteiger partial charge in [-0.25, -0.2) is 0 Å². The summed E-state index contributed by atoms with van der Waals surface area (Å²) in [5, 5.41) is 31.5. The van der Waals surface area contributed by atoms with Gasteiger partial charge in [0.05, 0.1) is 32.5 Å². The van der Waals surface area contributed by atoms with Crippen molar-refractivity contribution < 1.29 is 81.5 Å². The van der Waals surface area contributed by atoms with Gasteiger partial charge in [0, 0.05) is 38.5 Å². The van der Waals surface area contributed by atoms with Crippen LogP contribution in [0.1, 0.15) is 44.4 Å². The Morgan fingerprint density at radius 3 is 1.69 bits per heavy atom. The highest BCUT2D eigenvalue weighted by molar-refractivity contribution is 5.88. The minimum Gasteiger partial charge on any atom is -0.508 e. The minimum atomic E-state index is -1.74. The molecule has 6 aromatic rings. The van der Waals surface area contributed by atoms with E-state index in [1.807, 2.05) is 91.0 Å². The molecule has 3 heterocycles. The van der Waals surface area contributed by atoms with E-state index in [0.29, 0.717) is 0 Å². The van der Waals surface area contributed by atoms with Gasteiger partial charge in [-0.2, -0.15) is 0 Å². The Kier molecular flexibility index (Phi) is 16.5. The lowest BCUT2D eigenvalue weighted by atomic mass is 9.96. The van der Waals surface area contributed by atoms with Gasteiger partial charge in [0.25, 0.3) is 0 Å². The number of aromatic hydroxyl groups is 3. The summed E-state index contributed by atoms with van der Waals surface area (Å²) in [5.74, 6) is -4.23. The van der Waals surface area contributed by atoms with Crippen LogP contribution < -0.4 is 10.2 Å². The van der Waals surface area contributed by atoms with Gasteiger partial charge in [-0.3, -0.25) is 19.2 Å². The first-order chi connectivity index (χ1) is 34.7. The monoisotopic (exact) mass is 990 g/mol. The zero-order chi connectivity index (χ0) is 50.9. The van der Waals surface area contributed by atoms with Crippen molar-refractivity contribution in [1.29, 1.82) is 0 Å². The number of phenolic OH excluding ortho intramolecular Hbond substituents is 3. The molecule has 0 aliphatic carbocycles. The predicted molar refractivity (Wildman–Crippen MR) is 254 cm³/mol. The Morgan fingerprint density at radius 2 is 1.11 bits per heavy atom. The highest BCUT2D eigenvalue weighted by atomic mass is 16.8. The van der Waals surface area contributed by atoms with E-state index in [2.05, 4.69) is 0 Å². The van der Waals surface area contributed by atoms with Crippen molar-refractivity contribution in [2.75, 3.05) is 6.61 Å². The zero-order valence-corrected chi connectivity index (χ0v) is 39.7. The molecule has 3 N–H and O–H groups in total. The van der Waals surface area contributed by atoms with Crippen LogP contribution >= 0.6 is 0 Å². The third-order valence-electron chi connectivity index (χ3n) is 11.8. The second-order valence-corrected chi connectivity index (χ2v) is 17.2. The Morgan fingerprint density at radius 1 is 0.569 bits per heavy atom. The van der Waals surface area contributed by atoms with E-state index in [1.54, 1.807) is 6.92 Å². The molecule has 2 aliphatic heterocycles. The molecule has 8 rings (SSSR count). The molecular formula is C54H54O18. The van der Waals surface area contributed by atoms with E-state index in [1.165, 1.54) is 24.3 Å². The fourth-order valence-electron chi connectivity index (χ4n) is 8.57. The average Bonchev–Trinajstić information content (AvgIpc) is 3.35. The maximum Gasteiger partial charge on any atom is 0.303 e. The van der Waals surface area contributed by atoms with Crippen molar-refractivity contribution in [3.05, 3.63) is 154 Å². The van der Waals surface area contributed by atoms with E-state index in [9.17, 15) is 34.5 Å². The number of rotatable bonds is 18. The molecule has 2 aliphatic rings. The van der Waals surface area contributed by atoms with Crippen LogP contribution in [0.5, 0.6) is 23.0 Å². The van der Waals surface area contributed by atoms with Crippen LogP contribution in [0.3, 0.4) is 0 Å². The molecule has 0 radical (unpaired) electrons. The molecule has 72 heavy (non-hydrogen) atoms. The van der Waals surface area contributed by atoms with Crippen LogP contribution in [-0.2, 0) is 76.8 Å². The summed E-state index contributed by atoms with van der Waals surface area (Å²) in [7, 11) is 0. The summed E-state index contributed by atoms with van der Waals surface area (Å²) in [5.41, 5.74) is 1.50. The zero-order valence-electron chi connectivity index (χ0n) is 39.7. The maximum atomic E-state index is 14.9. The predicted octanol–water partition coefficient (Wildman–Crippen LogP) is 6.99. The van der Waals surface area contributed by atoms with Gasteiger partial charge in [-0.05, 0) is 47.9 Å². The van der Waals surface area contributed by atoms with Crippen LogP contribution in [-0.4, -0.2) is 101 Å². The number of esters is 3. The lowest BCUT2D eigenvalue weighted by Crippen LogP contribution is -2.66. The van der Waals surface area contributed by atoms with Crippen LogP contribution in [0, 0.1) is 0 Å². The normalized spacial score (nSPS) is 24.0. The summed E-state index contributed by atoms with van der Waals surface area (Å²) in [6, 6.07) is 35.7. The van der Waals surface area contributed by atoms with Gasteiger partial charge in [0.15, 0.2) is 36.5 Å². The van der Waals surface area contributed by atoms with Gasteiger partial charge in [0.2, 0.25) is 17.5 Å². The number of benzene rings is 5. The summed E-state index contributed by atoms with van der Waals surface area (Å²) >= 11 is 0. The van der Waals surface area contributed by atoms with Gasteiger partial charge in [-0.15, -0.1) is 0 Å². The molecule has 0 saturated carbocycles. The van der Waals surface area contributed by atoms with Gasteiger partial charge in [-0.1, -0.05) is 91.0 Å². The van der Waals surface area contributed by atoms with Crippen LogP contribution in [0.25, 0.3) is 22.3 Å². The summed E-state index contributed by atoms with van der Waals surface area (Å²) in [6.45, 7) is 4.94. The molecule has 0 spiro atoms. The smallest absolute Gasteiger partial charge is 0.303 e. The van der Waals surface area contributed by atoms with Crippen molar-refractivity contribution in [2.24, 2.45) is 0 Å². The van der Waals surface area contributed by atoms with Crippen LogP contribution in [0.4, 0.5) is 0 Å². The van der Waals surface area contributed by atoms with E-state index < -0.39 is 102 Å². The molecule has 5 aromatic carbocycles. The first-order valence-corrected chi connectivity index (χ1v) is 23.1. The van der Waals surface area contributed by atoms with Gasteiger partial charge < -0.3 is 67.1 Å². The largest absolute Gasteiger partial charge is 0.508 e. The Hall–Kier alpha value is -7.32. The van der Waals surface area contributed by atoms with Crippen molar-refractivity contribution in [2.45, 2.75) is 109 Å². The summed E-state index contributed by atoms with van der Waals surface area (Å²) in [4.78, 5) is 53.0. The van der Waals surface area contributed by atoms with E-state index in [4.69, 9.17) is 51.8 Å². The topological polar surface area (TPSA) is 234 Å². The second-order valence-electron chi connectivity index (χ2n) is 17.2. The molecule has 0 amide bonds. The SMILES string of the molecule is CC(=O)O[C@@H]1[C@H](OC(C)=O)[C@@H](O[C@H]2[C@H](Oc3c(-c4ccc(O)cc4)oc4cc(O)cc(O)c4c3=O)O[C@H](COCc3ccccc3)[C@@H](OCc3ccccc3)[C@@H]2OCc2ccccc2)O[C@H](C)[C@H]1OC(C)=O. The first kappa shape index (κ1) is 51.0. The maximum absolute atomic E-state index is 14.9. The second kappa shape index (κ2) is 23.3. The number of hydrogen-bond donors (Lipinski definition) is 3. The lowest BCUT2D eigenvalue weighted by Gasteiger charge is -2.49. The molecule has 10 atom stereocenters. The van der Waals surface area contributed by atoms with E-state index in [0.717, 1.165) is 49.6 Å². The number of fused-ring (bicyclic) bond motifs is 1. The summed E-state index contributed by atoms with van der Waals surface area (Å²) in [6.07, 6.45) is -13.8. The lowest BCUT2D eigenvalue weighted by molar-refractivity contribution is -0.363. The number of ether oxygens (including phenoxy) is 10. The number of hydrogen-bond acceptors (Lipinski definition) is 18. The molecule has 2 fully saturated rings. The Bertz CT molecular complexity index is 2840. The van der Waals surface area contributed by atoms with Crippen molar-refractivity contribution in [3.8, 4) is 34.3 Å². The summed E-state index contributed by atoms with van der Waals surface area (Å²) < 4.78 is 70.3. The fourth-order valence-corrected chi connectivity index (χ4v) is 8.57. The quantitative estimate of drug-likeness (QED) is 0.0581. The standard InChI is InChI=1S/C54H54O18/c1-30-45(66-31(2)55)50(67-32(3)56)52(68-33(4)57)53(65-30)72-51-49(64-28-36-18-12-7-13-19-36)47(63-27-35-16-10-6-11-17-35)42(29-62-26-34-14-8-5-9-15-34)70-54(51)71-48-44(61)43-40(60)24-39(59)25-41(43)69-46(48)37-20-22-38(58)23-21-37/h5-25,30,42,45,47,49-54,58-60H,26-29H2,1-4H3/t30-,42-,45-,47-,49+,50+,51-,52+,53-,54+/m1/s1. The first-order valence-electron chi connectivity index (χ1n) is 23.1. The Labute approximate surface area is 413 Å². The molecule has 18 heteroatoms. The molecule has 378 valence electrons. The highest BCUT2D eigenvalue weighted by Crippen LogP contribution is 2.40. The van der Waals surface area contributed by atoms with Gasteiger partial charge >= 0.3 is 17.9 Å². The molecule has 2 saturated heterocycles. The van der Waals surface area contributed by atoms with Crippen LogP contribution in [0.15, 0.2) is 137 Å². The van der Waals surface area contributed by atoms with Crippen molar-refractivity contribution >= 4 is 28.9 Å². The van der Waals surface area contributed by atoms with Crippen LogP contribution in [0.2, 0.25) is 0 Å². The third-order valence-corrected chi connectivity index (χ3v) is 11.8. The van der Waals surface area contributed by atoms with E-state index >= 15 is 0 Å². The number of carbonyl (C=O) groups excluding carboxylic acids is 3. The Balaban J connectivity index is 1.30. The highest BCUT2D eigenvalue weighted by Gasteiger charge is 2.56. The molecule has 18 nitrogen and oxygen atoms in total. The fraction of sp³-hybridized carbons (Fsp3) is 0.333. The van der Waals surface area contributed by atoms with E-state index in [-0.39, 0.29) is 54.5 Å². The molecular weight excluding hydrogens is 937 g/mol. The average molecular weight is 991 g/mol. The number of phenols is 3. The minimum absolute atomic E-state index is 0.0322. The molecule has 0 bridgehead atoms. The van der Waals surface area contributed by atoms with Crippen molar-refractivity contribution in [1.82, 2.24) is 0 Å². The van der Waals surface area contributed by atoms with Gasteiger partial charge in [0.1, 0.15) is 46.5 Å². The molecule has 1 aromatic heterocycles. The third kappa shape index (κ3) is 12.4.